The average Bonchev–Trinajstić information content (AvgIpc) is 3.12. The molecule has 0 aliphatic carbocycles. The van der Waals surface area contributed by atoms with E-state index >= 15 is 0 Å². The molecule has 0 saturated carbocycles. The van der Waals surface area contributed by atoms with Gasteiger partial charge in [0.1, 0.15) is 18.2 Å². The van der Waals surface area contributed by atoms with Gasteiger partial charge in [-0.3, -0.25) is 9.69 Å². The van der Waals surface area contributed by atoms with Crippen LogP contribution in [0.3, 0.4) is 0 Å². The number of benzene rings is 2. The van der Waals surface area contributed by atoms with Crippen molar-refractivity contribution in [2.24, 2.45) is 0 Å². The molecule has 1 aromatic heterocycles. The van der Waals surface area contributed by atoms with Gasteiger partial charge in [-0.15, -0.1) is 0 Å². The number of piperidine rings is 2. The number of hydrogen-bond acceptors (Lipinski definition) is 3. The first-order valence-corrected chi connectivity index (χ1v) is 13.1. The van der Waals surface area contributed by atoms with Crippen molar-refractivity contribution in [2.45, 2.75) is 57.7 Å². The van der Waals surface area contributed by atoms with E-state index in [2.05, 4.69) is 45.8 Å². The Kier molecular flexibility index (Phi) is 7.39. The number of halogens is 2. The summed E-state index contributed by atoms with van der Waals surface area (Å²) in [7, 11) is 2.12. The lowest BCUT2D eigenvalue weighted by atomic mass is 9.88. The predicted molar refractivity (Wildman–Crippen MR) is 139 cm³/mol. The maximum Gasteiger partial charge on any atom is 0.240 e. The second-order valence-electron chi connectivity index (χ2n) is 10.5. The SMILES string of the molecule is Cc1c(CN2CCC(c3c(F)cccc3F)CC2)c2ccccc2n1CC(=O)NC1CCN(C)CC1. The van der Waals surface area contributed by atoms with E-state index in [0.29, 0.717) is 6.54 Å². The summed E-state index contributed by atoms with van der Waals surface area (Å²) >= 11 is 0. The maximum atomic E-state index is 14.3. The zero-order chi connectivity index (χ0) is 25.2. The molecule has 1 N–H and O–H groups in total. The van der Waals surface area contributed by atoms with E-state index in [1.54, 1.807) is 0 Å². The third-order valence-corrected chi connectivity index (χ3v) is 8.12. The second kappa shape index (κ2) is 10.7. The number of nitrogens with zero attached hydrogens (tertiary/aromatic N) is 3. The van der Waals surface area contributed by atoms with Crippen LogP contribution in [-0.2, 0) is 17.9 Å². The van der Waals surface area contributed by atoms with Crippen LogP contribution in [0.25, 0.3) is 10.9 Å². The first-order valence-electron chi connectivity index (χ1n) is 13.1. The lowest BCUT2D eigenvalue weighted by Crippen LogP contribution is -2.44. The van der Waals surface area contributed by atoms with Gasteiger partial charge in [-0.05, 0) is 95.5 Å². The van der Waals surface area contributed by atoms with E-state index in [9.17, 15) is 13.6 Å². The average molecular weight is 495 g/mol. The Hall–Kier alpha value is -2.77. The molecule has 2 aliphatic heterocycles. The first-order chi connectivity index (χ1) is 17.4. The Morgan fingerprint density at radius 2 is 1.61 bits per heavy atom. The number of amides is 1. The van der Waals surface area contributed by atoms with Gasteiger partial charge in [0.05, 0.1) is 0 Å². The molecule has 5 rings (SSSR count). The molecule has 2 fully saturated rings. The van der Waals surface area contributed by atoms with Crippen molar-refractivity contribution in [1.29, 1.82) is 0 Å². The lowest BCUT2D eigenvalue weighted by molar-refractivity contribution is -0.122. The van der Waals surface area contributed by atoms with Gasteiger partial charge in [0.25, 0.3) is 0 Å². The predicted octanol–water partition coefficient (Wildman–Crippen LogP) is 4.82. The van der Waals surface area contributed by atoms with Crippen LogP contribution in [0.1, 0.15) is 48.4 Å². The van der Waals surface area contributed by atoms with Crippen molar-refractivity contribution in [3.8, 4) is 0 Å². The van der Waals surface area contributed by atoms with E-state index in [-0.39, 0.29) is 23.4 Å². The summed E-state index contributed by atoms with van der Waals surface area (Å²) < 4.78 is 30.7. The number of fused-ring (bicyclic) bond motifs is 1. The molecule has 0 unspecified atom stereocenters. The summed E-state index contributed by atoms with van der Waals surface area (Å²) in [6, 6.07) is 12.7. The fraction of sp³-hybridized carbons (Fsp3) is 0.483. The fourth-order valence-corrected chi connectivity index (χ4v) is 5.98. The molecule has 5 nitrogen and oxygen atoms in total. The van der Waals surface area contributed by atoms with Crippen LogP contribution in [0.15, 0.2) is 42.5 Å². The van der Waals surface area contributed by atoms with Crippen LogP contribution in [0.5, 0.6) is 0 Å². The normalized spacial score (nSPS) is 18.7. The quantitative estimate of drug-likeness (QED) is 0.534. The molecule has 0 bridgehead atoms. The van der Waals surface area contributed by atoms with Crippen molar-refractivity contribution in [3.05, 3.63) is 70.9 Å². The molecule has 3 aromatic rings. The van der Waals surface area contributed by atoms with Gasteiger partial charge in [0.2, 0.25) is 5.91 Å². The van der Waals surface area contributed by atoms with Crippen molar-refractivity contribution in [1.82, 2.24) is 19.7 Å². The van der Waals surface area contributed by atoms with E-state index in [1.807, 2.05) is 12.1 Å². The lowest BCUT2D eigenvalue weighted by Gasteiger charge is -2.32. The van der Waals surface area contributed by atoms with Crippen LogP contribution in [0, 0.1) is 18.6 Å². The Labute approximate surface area is 212 Å². The molecule has 2 aromatic carbocycles. The summed E-state index contributed by atoms with van der Waals surface area (Å²) in [5.74, 6) is -0.905. The number of nitrogens with one attached hydrogen (secondary N) is 1. The molecular weight excluding hydrogens is 458 g/mol. The minimum Gasteiger partial charge on any atom is -0.352 e. The van der Waals surface area contributed by atoms with Gasteiger partial charge in [0, 0.05) is 34.7 Å². The second-order valence-corrected chi connectivity index (χ2v) is 10.5. The molecule has 1 amide bonds. The molecule has 7 heteroatoms. The summed E-state index contributed by atoms with van der Waals surface area (Å²) in [4.78, 5) is 17.6. The molecule has 0 atom stereocenters. The molecular formula is C29H36F2N4O. The maximum absolute atomic E-state index is 14.3. The van der Waals surface area contributed by atoms with Crippen LogP contribution < -0.4 is 5.32 Å². The van der Waals surface area contributed by atoms with Gasteiger partial charge < -0.3 is 14.8 Å². The van der Waals surface area contributed by atoms with E-state index in [1.165, 1.54) is 29.1 Å². The highest BCUT2D eigenvalue weighted by Gasteiger charge is 2.27. The molecule has 0 radical (unpaired) electrons. The zero-order valence-corrected chi connectivity index (χ0v) is 21.3. The molecule has 3 heterocycles. The third-order valence-electron chi connectivity index (χ3n) is 8.12. The van der Waals surface area contributed by atoms with Crippen LogP contribution in [0.2, 0.25) is 0 Å². The van der Waals surface area contributed by atoms with Gasteiger partial charge in [-0.2, -0.15) is 0 Å². The minimum atomic E-state index is -0.439. The third kappa shape index (κ3) is 5.18. The molecule has 0 spiro atoms. The minimum absolute atomic E-state index is 0.0627. The molecule has 2 aliphatic rings. The number of hydrogen-bond donors (Lipinski definition) is 1. The van der Waals surface area contributed by atoms with E-state index in [0.717, 1.165) is 69.6 Å². The number of aromatic nitrogens is 1. The van der Waals surface area contributed by atoms with Gasteiger partial charge in [-0.25, -0.2) is 8.78 Å². The number of rotatable bonds is 6. The number of carbonyl (C=O) groups is 1. The van der Waals surface area contributed by atoms with Crippen molar-refractivity contribution < 1.29 is 13.6 Å². The largest absolute Gasteiger partial charge is 0.352 e. The summed E-state index contributed by atoms with van der Waals surface area (Å²) in [5.41, 5.74) is 3.65. The van der Waals surface area contributed by atoms with Crippen molar-refractivity contribution in [2.75, 3.05) is 33.2 Å². The first kappa shape index (κ1) is 24.9. The monoisotopic (exact) mass is 494 g/mol. The van der Waals surface area contributed by atoms with Gasteiger partial charge in [0.15, 0.2) is 0 Å². The van der Waals surface area contributed by atoms with Gasteiger partial charge >= 0.3 is 0 Å². The van der Waals surface area contributed by atoms with Crippen LogP contribution >= 0.6 is 0 Å². The highest BCUT2D eigenvalue weighted by Crippen LogP contribution is 2.34. The topological polar surface area (TPSA) is 40.5 Å². The standard InChI is InChI=1S/C29H36F2N4O/c1-20-24(18-34-16-10-21(11-17-34)29-25(30)7-5-8-26(29)31)23-6-3-4-9-27(23)35(20)19-28(36)32-22-12-14-33(2)15-13-22/h3-9,21-22H,10-19H2,1-2H3,(H,32,36). The van der Waals surface area contributed by atoms with E-state index in [4.69, 9.17) is 0 Å². The zero-order valence-electron chi connectivity index (χ0n) is 21.3. The van der Waals surface area contributed by atoms with Gasteiger partial charge in [-0.1, -0.05) is 24.3 Å². The molecule has 192 valence electrons. The summed E-state index contributed by atoms with van der Waals surface area (Å²) in [6.07, 6.45) is 3.44. The number of likely N-dealkylation sites (tertiary alicyclic amines) is 2. The Morgan fingerprint density at radius 1 is 0.944 bits per heavy atom. The Balaban J connectivity index is 1.28. The van der Waals surface area contributed by atoms with Crippen LogP contribution in [-0.4, -0.2) is 59.5 Å². The van der Waals surface area contributed by atoms with Crippen molar-refractivity contribution in [3.63, 3.8) is 0 Å². The van der Waals surface area contributed by atoms with Crippen LogP contribution in [0.4, 0.5) is 8.78 Å². The summed E-state index contributed by atoms with van der Waals surface area (Å²) in [5, 5.41) is 4.41. The Morgan fingerprint density at radius 3 is 2.31 bits per heavy atom. The van der Waals surface area contributed by atoms with E-state index < -0.39 is 11.6 Å². The highest BCUT2D eigenvalue weighted by atomic mass is 19.1. The van der Waals surface area contributed by atoms with Crippen molar-refractivity contribution >= 4 is 16.8 Å². The molecule has 2 saturated heterocycles. The molecule has 36 heavy (non-hydrogen) atoms. The summed E-state index contributed by atoms with van der Waals surface area (Å²) in [6.45, 7) is 6.78. The Bertz CT molecular complexity index is 1200. The number of para-hydroxylation sites is 1. The smallest absolute Gasteiger partial charge is 0.240 e. The fourth-order valence-electron chi connectivity index (χ4n) is 5.98. The highest BCUT2D eigenvalue weighted by molar-refractivity contribution is 5.87. The number of carbonyl (C=O) groups excluding carboxylic acids is 1.